The van der Waals surface area contributed by atoms with Crippen LogP contribution in [0.25, 0.3) is 0 Å². The Morgan fingerprint density at radius 1 is 1.37 bits per heavy atom. The van der Waals surface area contributed by atoms with Crippen molar-refractivity contribution in [2.24, 2.45) is 0 Å². The second kappa shape index (κ2) is 6.03. The number of benzene rings is 1. The van der Waals surface area contributed by atoms with Gasteiger partial charge in [0.2, 0.25) is 10.0 Å². The van der Waals surface area contributed by atoms with Crippen LogP contribution in [-0.2, 0) is 10.0 Å². The van der Waals surface area contributed by atoms with E-state index in [2.05, 4.69) is 0 Å². The topological polar surface area (TPSA) is 83.9 Å². The van der Waals surface area contributed by atoms with Crippen LogP contribution in [0.2, 0.25) is 0 Å². The summed E-state index contributed by atoms with van der Waals surface area (Å²) in [6.45, 7) is 2.27. The molecule has 0 heterocycles. The zero-order chi connectivity index (χ0) is 14.6. The summed E-state index contributed by atoms with van der Waals surface area (Å²) < 4.78 is 30.2. The highest BCUT2D eigenvalue weighted by atomic mass is 32.2. The summed E-state index contributed by atoms with van der Waals surface area (Å²) in [6, 6.07) is 3.82. The molecule has 0 atom stereocenters. The maximum atomic E-state index is 11.9. The molecule has 0 saturated heterocycles. The normalized spacial score (nSPS) is 11.6. The van der Waals surface area contributed by atoms with Gasteiger partial charge in [0.15, 0.2) is 0 Å². The summed E-state index contributed by atoms with van der Waals surface area (Å²) in [4.78, 5) is 11.1. The molecule has 1 aromatic rings. The van der Waals surface area contributed by atoms with Crippen molar-refractivity contribution < 1.29 is 23.1 Å². The van der Waals surface area contributed by atoms with E-state index < -0.39 is 16.0 Å². The van der Waals surface area contributed by atoms with Crippen LogP contribution in [0.5, 0.6) is 5.75 Å². The lowest BCUT2D eigenvalue weighted by Gasteiger charge is -2.13. The number of hydrogen-bond donors (Lipinski definition) is 1. The van der Waals surface area contributed by atoms with Gasteiger partial charge in [-0.1, -0.05) is 6.92 Å². The Kier molecular flexibility index (Phi) is 4.90. The van der Waals surface area contributed by atoms with Crippen LogP contribution in [-0.4, -0.2) is 44.5 Å². The number of nitrogens with zero attached hydrogens (tertiary/aromatic N) is 1. The van der Waals surface area contributed by atoms with E-state index in [-0.39, 0.29) is 16.2 Å². The minimum Gasteiger partial charge on any atom is -0.493 e. The van der Waals surface area contributed by atoms with Crippen molar-refractivity contribution in [2.45, 2.75) is 18.2 Å². The molecule has 1 rings (SSSR count). The highest BCUT2D eigenvalue weighted by Crippen LogP contribution is 2.24. The summed E-state index contributed by atoms with van der Waals surface area (Å²) in [6.07, 6.45) is 0.733. The molecule has 0 aliphatic rings. The van der Waals surface area contributed by atoms with Gasteiger partial charge in [0.25, 0.3) is 0 Å². The monoisotopic (exact) mass is 287 g/mol. The first-order valence-electron chi connectivity index (χ1n) is 5.73. The predicted molar refractivity (Wildman–Crippen MR) is 70.1 cm³/mol. The minimum absolute atomic E-state index is 0.0706. The van der Waals surface area contributed by atoms with Crippen molar-refractivity contribution in [2.75, 3.05) is 20.7 Å². The third-order valence-electron chi connectivity index (χ3n) is 2.42. The van der Waals surface area contributed by atoms with E-state index in [1.165, 1.54) is 26.2 Å². The molecular formula is C12H17NO5S. The lowest BCUT2D eigenvalue weighted by molar-refractivity contribution is 0.0692. The largest absolute Gasteiger partial charge is 0.493 e. The van der Waals surface area contributed by atoms with Gasteiger partial charge in [-0.05, 0) is 24.6 Å². The van der Waals surface area contributed by atoms with Gasteiger partial charge in [-0.3, -0.25) is 0 Å². The first-order chi connectivity index (χ1) is 8.80. The number of carboxylic acids is 1. The molecule has 1 aromatic carbocycles. The third-order valence-corrected chi connectivity index (χ3v) is 4.23. The van der Waals surface area contributed by atoms with Gasteiger partial charge in [-0.2, -0.15) is 0 Å². The number of ether oxygens (including phenoxy) is 1. The van der Waals surface area contributed by atoms with E-state index >= 15 is 0 Å². The molecular weight excluding hydrogens is 270 g/mol. The highest BCUT2D eigenvalue weighted by molar-refractivity contribution is 7.89. The number of carbonyl (C=O) groups is 1. The molecule has 0 radical (unpaired) electrons. The average molecular weight is 287 g/mol. The van der Waals surface area contributed by atoms with E-state index in [9.17, 15) is 13.2 Å². The molecule has 0 saturated carbocycles. The fraction of sp³-hybridized carbons (Fsp3) is 0.417. The van der Waals surface area contributed by atoms with Gasteiger partial charge in [-0.25, -0.2) is 17.5 Å². The van der Waals surface area contributed by atoms with E-state index in [4.69, 9.17) is 9.84 Å². The van der Waals surface area contributed by atoms with Crippen molar-refractivity contribution in [1.29, 1.82) is 0 Å². The van der Waals surface area contributed by atoms with Gasteiger partial charge < -0.3 is 9.84 Å². The van der Waals surface area contributed by atoms with Gasteiger partial charge in [0.05, 0.1) is 11.5 Å². The number of aromatic carboxylic acids is 1. The van der Waals surface area contributed by atoms with Gasteiger partial charge in [0.1, 0.15) is 11.3 Å². The molecule has 6 nitrogen and oxygen atoms in total. The maximum Gasteiger partial charge on any atom is 0.339 e. The Morgan fingerprint density at radius 3 is 2.47 bits per heavy atom. The van der Waals surface area contributed by atoms with Crippen molar-refractivity contribution in [3.05, 3.63) is 23.8 Å². The fourth-order valence-corrected chi connectivity index (χ4v) is 2.31. The molecule has 0 fully saturated rings. The molecule has 19 heavy (non-hydrogen) atoms. The Morgan fingerprint density at radius 2 is 2.00 bits per heavy atom. The second-order valence-electron chi connectivity index (χ2n) is 4.10. The van der Waals surface area contributed by atoms with Crippen LogP contribution in [0.15, 0.2) is 23.1 Å². The molecule has 106 valence electrons. The minimum atomic E-state index is -3.66. The number of rotatable bonds is 6. The van der Waals surface area contributed by atoms with Crippen molar-refractivity contribution in [1.82, 2.24) is 4.31 Å². The van der Waals surface area contributed by atoms with Crippen LogP contribution in [0.4, 0.5) is 0 Å². The van der Waals surface area contributed by atoms with E-state index in [0.717, 1.165) is 16.8 Å². The Labute approximate surface area is 112 Å². The van der Waals surface area contributed by atoms with Crippen LogP contribution >= 0.6 is 0 Å². The first kappa shape index (κ1) is 15.5. The summed E-state index contributed by atoms with van der Waals surface area (Å²) >= 11 is 0. The molecule has 7 heteroatoms. The number of hydrogen-bond acceptors (Lipinski definition) is 4. The maximum absolute atomic E-state index is 11.9. The molecule has 0 aliphatic heterocycles. The Hall–Kier alpha value is -1.60. The van der Waals surface area contributed by atoms with E-state index in [1.807, 2.05) is 6.92 Å². The van der Waals surface area contributed by atoms with Crippen molar-refractivity contribution in [3.8, 4) is 5.75 Å². The average Bonchev–Trinajstić information content (AvgIpc) is 2.35. The lowest BCUT2D eigenvalue weighted by atomic mass is 10.2. The van der Waals surface area contributed by atoms with Crippen molar-refractivity contribution in [3.63, 3.8) is 0 Å². The van der Waals surface area contributed by atoms with Gasteiger partial charge >= 0.3 is 5.97 Å². The van der Waals surface area contributed by atoms with Crippen LogP contribution in [0, 0.1) is 0 Å². The smallest absolute Gasteiger partial charge is 0.339 e. The Balaban J connectivity index is 3.28. The van der Waals surface area contributed by atoms with E-state index in [1.54, 1.807) is 0 Å². The zero-order valence-electron chi connectivity index (χ0n) is 11.1. The van der Waals surface area contributed by atoms with Crippen molar-refractivity contribution >= 4 is 16.0 Å². The third kappa shape index (κ3) is 3.45. The molecule has 1 N–H and O–H groups in total. The van der Waals surface area contributed by atoms with E-state index in [0.29, 0.717) is 6.61 Å². The van der Waals surface area contributed by atoms with Gasteiger partial charge in [0, 0.05) is 14.1 Å². The summed E-state index contributed by atoms with van der Waals surface area (Å²) in [5, 5.41) is 9.11. The molecule has 0 unspecified atom stereocenters. The zero-order valence-corrected chi connectivity index (χ0v) is 11.9. The van der Waals surface area contributed by atoms with Crippen LogP contribution in [0.3, 0.4) is 0 Å². The van der Waals surface area contributed by atoms with Crippen LogP contribution in [0.1, 0.15) is 23.7 Å². The molecule has 0 bridgehead atoms. The lowest BCUT2D eigenvalue weighted by Crippen LogP contribution is -2.22. The fourth-order valence-electron chi connectivity index (χ4n) is 1.39. The first-order valence-corrected chi connectivity index (χ1v) is 7.17. The Bertz CT molecular complexity index is 565. The number of sulfonamides is 1. The summed E-state index contributed by atoms with van der Waals surface area (Å²) in [5.74, 6) is -1.05. The predicted octanol–water partition coefficient (Wildman–Crippen LogP) is 1.42. The second-order valence-corrected chi connectivity index (χ2v) is 6.25. The summed E-state index contributed by atoms with van der Waals surface area (Å²) in [7, 11) is -0.883. The summed E-state index contributed by atoms with van der Waals surface area (Å²) in [5.41, 5.74) is -0.156. The highest BCUT2D eigenvalue weighted by Gasteiger charge is 2.21. The quantitative estimate of drug-likeness (QED) is 0.855. The van der Waals surface area contributed by atoms with Crippen LogP contribution < -0.4 is 4.74 Å². The molecule has 0 spiro atoms. The standard InChI is InChI=1S/C12H17NO5S/c1-4-7-18-11-6-5-9(8-10(11)12(14)15)19(16,17)13(2)3/h5-6,8H,4,7H2,1-3H3,(H,14,15). The molecule has 0 aliphatic carbocycles. The molecule has 0 amide bonds. The SMILES string of the molecule is CCCOc1ccc(S(=O)(=O)N(C)C)cc1C(=O)O. The number of carboxylic acid groups (broad SMARTS) is 1. The molecule has 0 aromatic heterocycles. The van der Waals surface area contributed by atoms with Gasteiger partial charge in [-0.15, -0.1) is 0 Å².